The quantitative estimate of drug-likeness (QED) is 0.109. The summed E-state index contributed by atoms with van der Waals surface area (Å²) < 4.78 is 0. The number of aliphatic hydroxyl groups excluding tert-OH is 2. The number of H-pyrrole nitrogens is 1. The Morgan fingerprint density at radius 3 is 2.38 bits per heavy atom. The lowest BCUT2D eigenvalue weighted by Gasteiger charge is -2.28. The van der Waals surface area contributed by atoms with Gasteiger partial charge in [0.1, 0.15) is 6.04 Å². The maximum absolute atomic E-state index is 13.5. The van der Waals surface area contributed by atoms with Gasteiger partial charge in [-0.2, -0.15) is 0 Å². The average molecular weight is 614 g/mol. The molecule has 7 N–H and O–H groups in total. The molecular formula is C35H43N5O5. The third kappa shape index (κ3) is 9.24. The van der Waals surface area contributed by atoms with Crippen molar-refractivity contribution in [1.29, 1.82) is 0 Å². The molecule has 10 nitrogen and oxygen atoms in total. The van der Waals surface area contributed by atoms with Crippen LogP contribution < -0.4 is 21.3 Å². The van der Waals surface area contributed by atoms with Crippen molar-refractivity contribution < 1.29 is 24.6 Å². The van der Waals surface area contributed by atoms with Gasteiger partial charge in [-0.05, 0) is 55.2 Å². The molecule has 0 unspecified atom stereocenters. The first kappa shape index (κ1) is 33.4. The fraction of sp³-hybridized carbons (Fsp3) is 0.343. The number of aromatic nitrogens is 1. The zero-order valence-corrected chi connectivity index (χ0v) is 26.0. The van der Waals surface area contributed by atoms with Gasteiger partial charge >= 0.3 is 0 Å². The van der Waals surface area contributed by atoms with Crippen molar-refractivity contribution in [2.24, 2.45) is 0 Å². The van der Waals surface area contributed by atoms with Crippen LogP contribution in [-0.4, -0.2) is 70.3 Å². The zero-order chi connectivity index (χ0) is 32.4. The zero-order valence-electron chi connectivity index (χ0n) is 26.0. The van der Waals surface area contributed by atoms with Crippen molar-refractivity contribution in [2.45, 2.75) is 57.8 Å². The number of rotatable bonds is 15. The molecule has 4 rings (SSSR count). The van der Waals surface area contributed by atoms with Crippen LogP contribution in [0.15, 0.2) is 79.0 Å². The van der Waals surface area contributed by atoms with Gasteiger partial charge in [0.05, 0.1) is 12.7 Å². The van der Waals surface area contributed by atoms with Crippen molar-refractivity contribution >= 4 is 28.6 Å². The fourth-order valence-electron chi connectivity index (χ4n) is 5.20. The van der Waals surface area contributed by atoms with E-state index in [0.29, 0.717) is 12.1 Å². The molecule has 0 aliphatic rings. The van der Waals surface area contributed by atoms with Gasteiger partial charge in [-0.15, -0.1) is 0 Å². The molecular weight excluding hydrogens is 570 g/mol. The van der Waals surface area contributed by atoms with E-state index in [1.54, 1.807) is 6.07 Å². The molecule has 3 aromatic carbocycles. The van der Waals surface area contributed by atoms with Gasteiger partial charge in [0.15, 0.2) is 0 Å². The molecule has 3 amide bonds. The Balaban J connectivity index is 1.46. The number of aromatic amines is 1. The molecule has 238 valence electrons. The molecule has 10 heteroatoms. The van der Waals surface area contributed by atoms with Gasteiger partial charge in [0.2, 0.25) is 11.8 Å². The predicted octanol–water partition coefficient (Wildman–Crippen LogP) is 3.04. The Hall–Kier alpha value is -4.51. The number of β-amino-alcohol motifs (C(OH)–C–C–N with tert-alkyl or cyclic N) is 1. The van der Waals surface area contributed by atoms with Gasteiger partial charge in [0.25, 0.3) is 5.91 Å². The molecule has 1 aromatic heterocycles. The largest absolute Gasteiger partial charge is 0.394 e. The van der Waals surface area contributed by atoms with E-state index < -0.39 is 17.7 Å². The summed E-state index contributed by atoms with van der Waals surface area (Å²) in [6.45, 7) is 6.07. The number of amides is 3. The van der Waals surface area contributed by atoms with Crippen LogP contribution in [0.2, 0.25) is 0 Å². The monoisotopic (exact) mass is 613 g/mol. The Bertz CT molecular complexity index is 1600. The summed E-state index contributed by atoms with van der Waals surface area (Å²) in [6.07, 6.45) is 1.27. The number of carbonyl (C=O) groups excluding carboxylic acids is 3. The first-order valence-corrected chi connectivity index (χ1v) is 15.2. The number of para-hydroxylation sites is 1. The molecule has 45 heavy (non-hydrogen) atoms. The molecule has 0 saturated heterocycles. The summed E-state index contributed by atoms with van der Waals surface area (Å²) in [5.41, 5.74) is 4.35. The van der Waals surface area contributed by atoms with Crippen LogP contribution in [0.1, 0.15) is 48.7 Å². The van der Waals surface area contributed by atoms with E-state index in [-0.39, 0.29) is 50.3 Å². The van der Waals surface area contributed by atoms with Crippen LogP contribution in [0.25, 0.3) is 22.0 Å². The second-order valence-electron chi connectivity index (χ2n) is 11.8. The molecule has 0 saturated carbocycles. The first-order chi connectivity index (χ1) is 21.6. The summed E-state index contributed by atoms with van der Waals surface area (Å²) in [7, 11) is 0. The van der Waals surface area contributed by atoms with E-state index >= 15 is 0 Å². The molecule has 0 aliphatic heterocycles. The standard InChI is InChI=1S/C35H43N5O5/c1-4-36-33(44)29-11-6-5-9-27(29)24-15-13-23(14-16-24)19-38-34(45)31(17-25-20-37-30-12-8-7-10-28(25)30)40-32(43)18-35(2,3)39-21-26(42)22-41/h5-16,20,26,31,37,39,41-42H,4,17-19,21-22H2,1-3H3,(H,36,44)(H,38,45)(H,40,43)/t26-,31+/m0/s1. The molecule has 1 heterocycles. The van der Waals surface area contributed by atoms with E-state index in [4.69, 9.17) is 5.11 Å². The van der Waals surface area contributed by atoms with E-state index in [1.165, 1.54) is 0 Å². The normalized spacial score (nSPS) is 12.8. The molecule has 0 bridgehead atoms. The van der Waals surface area contributed by atoms with Gasteiger partial charge in [-0.25, -0.2) is 0 Å². The van der Waals surface area contributed by atoms with Crippen LogP contribution in [0, 0.1) is 0 Å². The van der Waals surface area contributed by atoms with Crippen LogP contribution in [0.5, 0.6) is 0 Å². The molecule has 0 radical (unpaired) electrons. The molecule has 0 aliphatic carbocycles. The minimum atomic E-state index is -0.933. The van der Waals surface area contributed by atoms with Crippen LogP contribution in [0.3, 0.4) is 0 Å². The maximum Gasteiger partial charge on any atom is 0.251 e. The number of carbonyl (C=O) groups is 3. The Morgan fingerprint density at radius 2 is 1.64 bits per heavy atom. The summed E-state index contributed by atoms with van der Waals surface area (Å²) in [5, 5.41) is 31.6. The number of benzene rings is 3. The molecule has 4 aromatic rings. The SMILES string of the molecule is CCNC(=O)c1ccccc1-c1ccc(CNC(=O)[C@@H](Cc2c[nH]c3ccccc23)NC(=O)CC(C)(C)NC[C@H](O)CO)cc1. The minimum absolute atomic E-state index is 0.0576. The lowest BCUT2D eigenvalue weighted by Crippen LogP contribution is -2.52. The van der Waals surface area contributed by atoms with Crippen molar-refractivity contribution in [1.82, 2.24) is 26.3 Å². The highest BCUT2D eigenvalue weighted by Crippen LogP contribution is 2.24. The highest BCUT2D eigenvalue weighted by Gasteiger charge is 2.27. The lowest BCUT2D eigenvalue weighted by molar-refractivity contribution is -0.129. The van der Waals surface area contributed by atoms with Gasteiger partial charge in [-0.1, -0.05) is 60.7 Å². The van der Waals surface area contributed by atoms with E-state index in [0.717, 1.165) is 33.2 Å². The summed E-state index contributed by atoms with van der Waals surface area (Å²) >= 11 is 0. The lowest BCUT2D eigenvalue weighted by atomic mass is 9.98. The summed E-state index contributed by atoms with van der Waals surface area (Å²) in [6, 6.07) is 22.1. The topological polar surface area (TPSA) is 156 Å². The Kier molecular flexibility index (Phi) is 11.5. The van der Waals surface area contributed by atoms with Crippen LogP contribution >= 0.6 is 0 Å². The van der Waals surface area contributed by atoms with E-state index in [1.807, 2.05) is 93.7 Å². The van der Waals surface area contributed by atoms with Crippen molar-refractivity contribution in [2.75, 3.05) is 19.7 Å². The van der Waals surface area contributed by atoms with Crippen molar-refractivity contribution in [3.8, 4) is 11.1 Å². The number of nitrogens with one attached hydrogen (secondary N) is 5. The smallest absolute Gasteiger partial charge is 0.251 e. The second kappa shape index (κ2) is 15.5. The minimum Gasteiger partial charge on any atom is -0.394 e. The highest BCUT2D eigenvalue weighted by molar-refractivity contribution is 6.00. The highest BCUT2D eigenvalue weighted by atomic mass is 16.3. The summed E-state index contributed by atoms with van der Waals surface area (Å²) in [5.74, 6) is -0.767. The molecule has 0 fully saturated rings. The third-order valence-corrected chi connectivity index (χ3v) is 7.62. The van der Waals surface area contributed by atoms with Crippen molar-refractivity contribution in [3.05, 3.63) is 95.7 Å². The van der Waals surface area contributed by atoms with E-state index in [9.17, 15) is 19.5 Å². The average Bonchev–Trinajstić information content (AvgIpc) is 3.45. The maximum atomic E-state index is 13.5. The van der Waals surface area contributed by atoms with Gasteiger partial charge < -0.3 is 36.5 Å². The molecule has 0 spiro atoms. The van der Waals surface area contributed by atoms with Crippen LogP contribution in [-0.2, 0) is 22.6 Å². The van der Waals surface area contributed by atoms with E-state index in [2.05, 4.69) is 26.3 Å². The predicted molar refractivity (Wildman–Crippen MR) is 175 cm³/mol. The third-order valence-electron chi connectivity index (χ3n) is 7.62. The second-order valence-corrected chi connectivity index (χ2v) is 11.8. The summed E-state index contributed by atoms with van der Waals surface area (Å²) in [4.78, 5) is 42.5. The fourth-order valence-corrected chi connectivity index (χ4v) is 5.20. The van der Waals surface area contributed by atoms with Crippen LogP contribution in [0.4, 0.5) is 0 Å². The van der Waals surface area contributed by atoms with Crippen molar-refractivity contribution in [3.63, 3.8) is 0 Å². The molecule has 2 atom stereocenters. The Morgan fingerprint density at radius 1 is 0.933 bits per heavy atom. The van der Waals surface area contributed by atoms with Gasteiger partial charge in [-0.3, -0.25) is 14.4 Å². The first-order valence-electron chi connectivity index (χ1n) is 15.2. The Labute approximate surface area is 263 Å². The van der Waals surface area contributed by atoms with Gasteiger partial charge in [0, 0.05) is 60.7 Å². The number of fused-ring (bicyclic) bond motifs is 1. The number of aliphatic hydroxyl groups is 2. The number of hydrogen-bond donors (Lipinski definition) is 7. The number of hydrogen-bond acceptors (Lipinski definition) is 6.